The van der Waals surface area contributed by atoms with Crippen molar-refractivity contribution in [3.63, 3.8) is 0 Å². The van der Waals surface area contributed by atoms with Gasteiger partial charge in [0.05, 0.1) is 0 Å². The molecule has 0 radical (unpaired) electrons. The quantitative estimate of drug-likeness (QED) is 0.642. The lowest BCUT2D eigenvalue weighted by Gasteiger charge is -2.31. The number of likely N-dealkylation sites (tertiary alicyclic amines) is 1. The summed E-state index contributed by atoms with van der Waals surface area (Å²) < 4.78 is 1.64. The smallest absolute Gasteiger partial charge is 0.252 e. The summed E-state index contributed by atoms with van der Waals surface area (Å²) >= 11 is 0. The summed E-state index contributed by atoms with van der Waals surface area (Å²) in [6, 6.07) is 1.82. The highest BCUT2D eigenvalue weighted by Gasteiger charge is 2.17. The first kappa shape index (κ1) is 12.8. The summed E-state index contributed by atoms with van der Waals surface area (Å²) in [4.78, 5) is 15.0. The summed E-state index contributed by atoms with van der Waals surface area (Å²) in [7, 11) is 0. The van der Waals surface area contributed by atoms with E-state index in [1.165, 1.54) is 12.8 Å². The Balaban J connectivity index is 1.69. The Morgan fingerprint density at radius 3 is 3.25 bits per heavy atom. The minimum Gasteiger partial charge on any atom is -0.370 e. The molecule has 0 saturated carbocycles. The van der Waals surface area contributed by atoms with Crippen molar-refractivity contribution >= 4 is 11.7 Å². The predicted octanol–water partition coefficient (Wildman–Crippen LogP) is 0.671. The zero-order valence-corrected chi connectivity index (χ0v) is 11.6. The van der Waals surface area contributed by atoms with Crippen molar-refractivity contribution < 1.29 is 0 Å². The van der Waals surface area contributed by atoms with Crippen molar-refractivity contribution in [1.29, 1.82) is 0 Å². The van der Waals surface area contributed by atoms with Crippen molar-refractivity contribution in [2.75, 3.05) is 13.1 Å². The molecule has 3 rings (SSSR count). The summed E-state index contributed by atoms with van der Waals surface area (Å²) in [6.45, 7) is 4.60. The van der Waals surface area contributed by atoms with Gasteiger partial charge < -0.3 is 10.6 Å². The zero-order valence-electron chi connectivity index (χ0n) is 11.6. The monoisotopic (exact) mass is 273 g/mol. The Kier molecular flexibility index (Phi) is 3.49. The summed E-state index contributed by atoms with van der Waals surface area (Å²) in [5, 5.41) is 4.31. The lowest BCUT2D eigenvalue weighted by atomic mass is 10.0. The molecule has 0 spiro atoms. The predicted molar refractivity (Wildman–Crippen MR) is 76.1 cm³/mol. The van der Waals surface area contributed by atoms with Crippen molar-refractivity contribution in [2.24, 2.45) is 16.6 Å². The van der Waals surface area contributed by atoms with Gasteiger partial charge in [-0.1, -0.05) is 6.92 Å². The summed E-state index contributed by atoms with van der Waals surface area (Å²) in [5.74, 6) is 2.48. The van der Waals surface area contributed by atoms with Crippen LogP contribution >= 0.6 is 0 Å². The van der Waals surface area contributed by atoms with Gasteiger partial charge in [0.25, 0.3) is 5.78 Å². The highest BCUT2D eigenvalue weighted by Crippen LogP contribution is 2.15. The largest absolute Gasteiger partial charge is 0.370 e. The molecule has 7 nitrogen and oxygen atoms in total. The molecule has 2 aromatic rings. The van der Waals surface area contributed by atoms with Gasteiger partial charge in [-0.15, -0.1) is 5.10 Å². The van der Waals surface area contributed by atoms with Gasteiger partial charge >= 0.3 is 0 Å². The number of piperidine rings is 1. The van der Waals surface area contributed by atoms with Crippen LogP contribution in [0, 0.1) is 5.92 Å². The molecule has 1 fully saturated rings. The van der Waals surface area contributed by atoms with E-state index >= 15 is 0 Å². The molecular formula is C13H19N7. The third kappa shape index (κ3) is 2.71. The Bertz CT molecular complexity index is 585. The maximum absolute atomic E-state index is 6.05. The molecule has 1 saturated heterocycles. The molecule has 1 atom stereocenters. The van der Waals surface area contributed by atoms with E-state index in [1.54, 1.807) is 10.7 Å². The van der Waals surface area contributed by atoms with Gasteiger partial charge in [-0.25, -0.2) is 14.5 Å². The molecule has 106 valence electrons. The molecule has 2 N–H and O–H groups in total. The first-order valence-electron chi connectivity index (χ1n) is 6.93. The molecule has 0 bridgehead atoms. The number of hydrogen-bond donors (Lipinski definition) is 1. The minimum atomic E-state index is 0.389. The van der Waals surface area contributed by atoms with Crippen molar-refractivity contribution in [2.45, 2.75) is 26.3 Å². The van der Waals surface area contributed by atoms with Gasteiger partial charge in [-0.05, 0) is 24.8 Å². The molecule has 3 heterocycles. The second-order valence-electron chi connectivity index (χ2n) is 5.26. The van der Waals surface area contributed by atoms with E-state index in [9.17, 15) is 0 Å². The van der Waals surface area contributed by atoms with Gasteiger partial charge in [0.1, 0.15) is 6.54 Å². The normalized spacial score (nSPS) is 20.6. The topological polar surface area (TPSA) is 84.7 Å². The lowest BCUT2D eigenvalue weighted by molar-refractivity contribution is 0.270. The Morgan fingerprint density at radius 1 is 1.55 bits per heavy atom. The number of nitrogens with two attached hydrogens (primary N) is 1. The molecule has 7 heteroatoms. The minimum absolute atomic E-state index is 0.389. The number of aromatic nitrogens is 4. The number of fused-ring (bicyclic) bond motifs is 1. The van der Waals surface area contributed by atoms with Gasteiger partial charge in [0, 0.05) is 25.5 Å². The fourth-order valence-corrected chi connectivity index (χ4v) is 2.49. The number of rotatable bonds is 2. The Morgan fingerprint density at radius 2 is 2.45 bits per heavy atom. The van der Waals surface area contributed by atoms with Crippen LogP contribution in [0.3, 0.4) is 0 Å². The molecule has 2 aromatic heterocycles. The van der Waals surface area contributed by atoms with Crippen LogP contribution in [0.4, 0.5) is 0 Å². The first-order valence-corrected chi connectivity index (χ1v) is 6.93. The molecule has 0 amide bonds. The van der Waals surface area contributed by atoms with Crippen LogP contribution in [0.25, 0.3) is 5.78 Å². The van der Waals surface area contributed by atoms with E-state index in [2.05, 4.69) is 31.9 Å². The first-order chi connectivity index (χ1) is 9.72. The highest BCUT2D eigenvalue weighted by molar-refractivity contribution is 5.78. The molecule has 1 aliphatic rings. The maximum atomic E-state index is 6.05. The van der Waals surface area contributed by atoms with E-state index in [0.717, 1.165) is 13.1 Å². The van der Waals surface area contributed by atoms with Crippen LogP contribution in [-0.4, -0.2) is 43.5 Å². The van der Waals surface area contributed by atoms with Crippen molar-refractivity contribution in [1.82, 2.24) is 24.5 Å². The van der Waals surface area contributed by atoms with Gasteiger partial charge in [-0.3, -0.25) is 0 Å². The third-order valence-corrected chi connectivity index (χ3v) is 3.52. The van der Waals surface area contributed by atoms with Crippen LogP contribution in [-0.2, 0) is 6.54 Å². The van der Waals surface area contributed by atoms with E-state index in [-0.39, 0.29) is 0 Å². The molecular weight excluding hydrogens is 254 g/mol. The molecule has 1 aliphatic heterocycles. The van der Waals surface area contributed by atoms with E-state index in [4.69, 9.17) is 5.73 Å². The van der Waals surface area contributed by atoms with Crippen molar-refractivity contribution in [3.8, 4) is 0 Å². The highest BCUT2D eigenvalue weighted by atomic mass is 15.3. The average molecular weight is 273 g/mol. The molecule has 1 unspecified atom stereocenters. The van der Waals surface area contributed by atoms with Crippen LogP contribution in [0.1, 0.15) is 25.6 Å². The number of guanidine groups is 1. The average Bonchev–Trinajstić information content (AvgIpc) is 2.87. The van der Waals surface area contributed by atoms with Crippen LogP contribution in [0.2, 0.25) is 0 Å². The van der Waals surface area contributed by atoms with Crippen LogP contribution in [0.5, 0.6) is 0 Å². The molecule has 20 heavy (non-hydrogen) atoms. The fraction of sp³-hybridized carbons (Fsp3) is 0.538. The van der Waals surface area contributed by atoms with E-state index in [0.29, 0.717) is 30.0 Å². The summed E-state index contributed by atoms with van der Waals surface area (Å²) in [6.07, 6.45) is 5.95. The number of hydrogen-bond acceptors (Lipinski definition) is 4. The summed E-state index contributed by atoms with van der Waals surface area (Å²) in [5.41, 5.74) is 6.05. The number of aliphatic imine (C=N–C) groups is 1. The van der Waals surface area contributed by atoms with Crippen molar-refractivity contribution in [3.05, 3.63) is 24.3 Å². The molecule has 0 aromatic carbocycles. The Labute approximate surface area is 117 Å². The van der Waals surface area contributed by atoms with Crippen LogP contribution in [0.15, 0.2) is 23.5 Å². The lowest BCUT2D eigenvalue weighted by Crippen LogP contribution is -2.43. The zero-order chi connectivity index (χ0) is 13.9. The van der Waals surface area contributed by atoms with E-state index in [1.807, 2.05) is 12.3 Å². The van der Waals surface area contributed by atoms with E-state index < -0.39 is 0 Å². The second-order valence-corrected chi connectivity index (χ2v) is 5.26. The van der Waals surface area contributed by atoms with Crippen LogP contribution < -0.4 is 5.73 Å². The van der Waals surface area contributed by atoms with Gasteiger partial charge in [0.2, 0.25) is 0 Å². The third-order valence-electron chi connectivity index (χ3n) is 3.52. The maximum Gasteiger partial charge on any atom is 0.252 e. The second kappa shape index (κ2) is 5.44. The SMILES string of the molecule is CC1CCCN(C(N)=NCc2nc3ncccn3n2)C1. The number of nitrogens with zero attached hydrogens (tertiary/aromatic N) is 6. The standard InChI is InChI=1S/C13H19N7/c1-10-4-2-6-19(9-10)12(14)16-8-11-17-13-15-5-3-7-20(13)18-11/h3,5,7,10H,2,4,6,8-9H2,1H3,(H2,14,16). The van der Waals surface area contributed by atoms with Gasteiger partial charge in [-0.2, -0.15) is 4.98 Å². The van der Waals surface area contributed by atoms with Gasteiger partial charge in [0.15, 0.2) is 11.8 Å². The molecule has 0 aliphatic carbocycles. The fourth-order valence-electron chi connectivity index (χ4n) is 2.49. The Hall–Kier alpha value is -2.18.